The summed E-state index contributed by atoms with van der Waals surface area (Å²) in [5, 5.41) is 0.153. The van der Waals surface area contributed by atoms with Gasteiger partial charge < -0.3 is 14.8 Å². The second-order valence-electron chi connectivity index (χ2n) is 6.79. The smallest absolute Gasteiger partial charge is 0.295 e. The van der Waals surface area contributed by atoms with Gasteiger partial charge in [0, 0.05) is 54.9 Å². The summed E-state index contributed by atoms with van der Waals surface area (Å²) in [4.78, 5) is 43.4. The zero-order valence-corrected chi connectivity index (χ0v) is 15.3. The summed E-state index contributed by atoms with van der Waals surface area (Å²) in [6.07, 6.45) is 1.28. The predicted molar refractivity (Wildman–Crippen MR) is 101 cm³/mol. The fraction of sp³-hybridized carbons (Fsp3) is 0.190. The van der Waals surface area contributed by atoms with Crippen LogP contribution in [0.25, 0.3) is 10.9 Å². The van der Waals surface area contributed by atoms with E-state index >= 15 is 0 Å². The molecule has 0 unspecified atom stereocenters. The number of benzene rings is 2. The van der Waals surface area contributed by atoms with Crippen LogP contribution >= 0.6 is 0 Å². The van der Waals surface area contributed by atoms with Gasteiger partial charge in [-0.25, -0.2) is 8.78 Å². The van der Waals surface area contributed by atoms with Gasteiger partial charge in [0.15, 0.2) is 11.6 Å². The first-order chi connectivity index (χ1) is 14.0. The van der Waals surface area contributed by atoms with Crippen LogP contribution in [0.1, 0.15) is 20.7 Å². The van der Waals surface area contributed by atoms with Crippen LogP contribution in [0, 0.1) is 11.6 Å². The molecule has 1 fully saturated rings. The number of amides is 2. The van der Waals surface area contributed by atoms with Crippen molar-refractivity contribution in [2.75, 3.05) is 26.2 Å². The predicted octanol–water partition coefficient (Wildman–Crippen LogP) is 2.61. The van der Waals surface area contributed by atoms with E-state index < -0.39 is 23.3 Å². The third-order valence-electron chi connectivity index (χ3n) is 5.04. The average Bonchev–Trinajstić information content (AvgIpc) is 3.15. The van der Waals surface area contributed by atoms with E-state index in [4.69, 9.17) is 0 Å². The van der Waals surface area contributed by atoms with Crippen molar-refractivity contribution in [1.29, 1.82) is 0 Å². The fourth-order valence-electron chi connectivity index (χ4n) is 3.44. The molecule has 0 radical (unpaired) electrons. The number of hydrogen-bond donors (Lipinski definition) is 1. The summed E-state index contributed by atoms with van der Waals surface area (Å²) in [7, 11) is 0. The van der Waals surface area contributed by atoms with Crippen LogP contribution in [0.15, 0.2) is 48.7 Å². The number of rotatable bonds is 3. The number of hydrogen-bond acceptors (Lipinski definition) is 3. The quantitative estimate of drug-likeness (QED) is 0.546. The van der Waals surface area contributed by atoms with E-state index in [1.54, 1.807) is 29.2 Å². The van der Waals surface area contributed by atoms with E-state index in [1.807, 2.05) is 6.07 Å². The van der Waals surface area contributed by atoms with Gasteiger partial charge in [0.1, 0.15) is 0 Å². The standard InChI is InChI=1S/C21H17F2N3O3/c22-16-10-14-15(12-24-18(14)11-17(16)23)19(27)21(29)26-8-6-25(7-9-26)20(28)13-4-2-1-3-5-13/h1-5,10-12,24H,6-9H2. The minimum absolute atomic E-state index is 0.00769. The third-order valence-corrected chi connectivity index (χ3v) is 5.04. The number of nitrogens with zero attached hydrogens (tertiary/aromatic N) is 2. The summed E-state index contributed by atoms with van der Waals surface area (Å²) in [6.45, 7) is 1.05. The summed E-state index contributed by atoms with van der Waals surface area (Å²) < 4.78 is 26.9. The van der Waals surface area contributed by atoms with Gasteiger partial charge in [0.2, 0.25) is 0 Å². The molecule has 1 aliphatic heterocycles. The molecule has 2 aromatic carbocycles. The Bertz CT molecular complexity index is 1100. The highest BCUT2D eigenvalue weighted by atomic mass is 19.2. The lowest BCUT2D eigenvalue weighted by molar-refractivity contribution is -0.127. The molecular formula is C21H17F2N3O3. The average molecular weight is 397 g/mol. The van der Waals surface area contributed by atoms with Crippen molar-refractivity contribution in [2.45, 2.75) is 0 Å². The number of fused-ring (bicyclic) bond motifs is 1. The maximum absolute atomic E-state index is 13.6. The number of halogens is 2. The van der Waals surface area contributed by atoms with E-state index in [2.05, 4.69) is 4.98 Å². The number of aromatic amines is 1. The van der Waals surface area contributed by atoms with Crippen LogP contribution in [0.5, 0.6) is 0 Å². The highest BCUT2D eigenvalue weighted by molar-refractivity contribution is 6.44. The Hall–Kier alpha value is -3.55. The van der Waals surface area contributed by atoms with Gasteiger partial charge in [0.25, 0.3) is 17.6 Å². The minimum atomic E-state index is -1.09. The first-order valence-electron chi connectivity index (χ1n) is 9.10. The van der Waals surface area contributed by atoms with E-state index in [1.165, 1.54) is 11.1 Å². The maximum atomic E-state index is 13.6. The summed E-state index contributed by atoms with van der Waals surface area (Å²) in [5.74, 6) is -3.79. The zero-order valence-electron chi connectivity index (χ0n) is 15.3. The van der Waals surface area contributed by atoms with Crippen molar-refractivity contribution in [3.8, 4) is 0 Å². The lowest BCUT2D eigenvalue weighted by Crippen LogP contribution is -2.52. The highest BCUT2D eigenvalue weighted by Crippen LogP contribution is 2.23. The van der Waals surface area contributed by atoms with E-state index in [0.29, 0.717) is 18.7 Å². The van der Waals surface area contributed by atoms with Crippen molar-refractivity contribution in [3.05, 3.63) is 71.4 Å². The fourth-order valence-corrected chi connectivity index (χ4v) is 3.44. The molecule has 0 bridgehead atoms. The topological polar surface area (TPSA) is 73.5 Å². The molecule has 0 spiro atoms. The Morgan fingerprint density at radius 2 is 1.48 bits per heavy atom. The molecule has 1 aromatic heterocycles. The Labute approximate surface area is 164 Å². The molecule has 2 heterocycles. The number of aromatic nitrogens is 1. The molecule has 8 heteroatoms. The molecule has 148 valence electrons. The summed E-state index contributed by atoms with van der Waals surface area (Å²) in [5.41, 5.74) is 0.793. The number of ketones is 1. The van der Waals surface area contributed by atoms with Crippen LogP contribution in [-0.4, -0.2) is 58.6 Å². The minimum Gasteiger partial charge on any atom is -0.360 e. The van der Waals surface area contributed by atoms with Gasteiger partial charge in [-0.2, -0.15) is 0 Å². The number of H-pyrrole nitrogens is 1. The molecule has 0 aliphatic carbocycles. The van der Waals surface area contributed by atoms with Crippen LogP contribution in [0.2, 0.25) is 0 Å². The normalized spacial score (nSPS) is 14.3. The van der Waals surface area contributed by atoms with E-state index in [-0.39, 0.29) is 35.5 Å². The Morgan fingerprint density at radius 1 is 0.862 bits per heavy atom. The molecule has 3 aromatic rings. The van der Waals surface area contributed by atoms with Crippen molar-refractivity contribution in [3.63, 3.8) is 0 Å². The van der Waals surface area contributed by atoms with Crippen molar-refractivity contribution >= 4 is 28.5 Å². The largest absolute Gasteiger partial charge is 0.360 e. The Morgan fingerprint density at radius 3 is 2.17 bits per heavy atom. The number of piperazine rings is 1. The molecule has 6 nitrogen and oxygen atoms in total. The summed E-state index contributed by atoms with van der Waals surface area (Å²) in [6, 6.07) is 10.7. The lowest BCUT2D eigenvalue weighted by atomic mass is 10.1. The number of Topliss-reactive ketones (excluding diaryl/α,β-unsaturated/α-hetero) is 1. The SMILES string of the molecule is O=C(C(=O)N1CCN(C(=O)c2ccccc2)CC1)c1c[nH]c2cc(F)c(F)cc12. The third kappa shape index (κ3) is 3.49. The van der Waals surface area contributed by atoms with Gasteiger partial charge in [0.05, 0.1) is 5.56 Å². The van der Waals surface area contributed by atoms with Crippen LogP contribution < -0.4 is 0 Å². The number of carbonyl (C=O) groups is 3. The molecule has 0 atom stereocenters. The van der Waals surface area contributed by atoms with E-state index in [9.17, 15) is 23.2 Å². The van der Waals surface area contributed by atoms with Gasteiger partial charge in [-0.3, -0.25) is 14.4 Å². The van der Waals surface area contributed by atoms with Crippen LogP contribution in [0.4, 0.5) is 8.78 Å². The van der Waals surface area contributed by atoms with Gasteiger partial charge in [-0.05, 0) is 18.2 Å². The lowest BCUT2D eigenvalue weighted by Gasteiger charge is -2.34. The van der Waals surface area contributed by atoms with Gasteiger partial charge in [-0.1, -0.05) is 18.2 Å². The van der Waals surface area contributed by atoms with E-state index in [0.717, 1.165) is 12.1 Å². The first-order valence-corrected chi connectivity index (χ1v) is 9.10. The summed E-state index contributed by atoms with van der Waals surface area (Å²) >= 11 is 0. The van der Waals surface area contributed by atoms with Crippen molar-refractivity contribution < 1.29 is 23.2 Å². The Kier molecular flexibility index (Phi) is 4.84. The molecule has 0 saturated carbocycles. The zero-order chi connectivity index (χ0) is 20.5. The maximum Gasteiger partial charge on any atom is 0.295 e. The number of carbonyl (C=O) groups excluding carboxylic acids is 3. The van der Waals surface area contributed by atoms with Crippen LogP contribution in [-0.2, 0) is 4.79 Å². The molecule has 1 N–H and O–H groups in total. The van der Waals surface area contributed by atoms with Gasteiger partial charge in [-0.15, -0.1) is 0 Å². The second-order valence-corrected chi connectivity index (χ2v) is 6.79. The molecular weight excluding hydrogens is 380 g/mol. The molecule has 1 saturated heterocycles. The second kappa shape index (κ2) is 7.46. The molecule has 1 aliphatic rings. The molecule has 4 rings (SSSR count). The van der Waals surface area contributed by atoms with Crippen molar-refractivity contribution in [2.24, 2.45) is 0 Å². The van der Waals surface area contributed by atoms with Gasteiger partial charge >= 0.3 is 0 Å². The Balaban J connectivity index is 1.45. The molecule has 2 amide bonds. The monoisotopic (exact) mass is 397 g/mol. The number of nitrogens with one attached hydrogen (secondary N) is 1. The molecule has 29 heavy (non-hydrogen) atoms. The van der Waals surface area contributed by atoms with Crippen molar-refractivity contribution in [1.82, 2.24) is 14.8 Å². The first kappa shape index (κ1) is 18.8. The highest BCUT2D eigenvalue weighted by Gasteiger charge is 2.30. The van der Waals surface area contributed by atoms with Crippen LogP contribution in [0.3, 0.4) is 0 Å².